The second-order valence-corrected chi connectivity index (χ2v) is 10.7. The number of ether oxygens (including phenoxy) is 1. The number of carboxylic acids is 1. The van der Waals surface area contributed by atoms with E-state index in [1.54, 1.807) is 4.90 Å². The molecule has 1 aromatic heterocycles. The fourth-order valence-electron chi connectivity index (χ4n) is 4.80. The zero-order valence-electron chi connectivity index (χ0n) is 19.9. The molecule has 2 aliphatic rings. The third-order valence-electron chi connectivity index (χ3n) is 6.77. The molecule has 1 aliphatic heterocycles. The summed E-state index contributed by atoms with van der Waals surface area (Å²) in [5, 5.41) is 9.12. The molecule has 1 aromatic carbocycles. The molecule has 3 N–H and O–H groups in total. The summed E-state index contributed by atoms with van der Waals surface area (Å²) in [5.41, 5.74) is 8.14. The summed E-state index contributed by atoms with van der Waals surface area (Å²) in [6.07, 6.45) is 5.70. The van der Waals surface area contributed by atoms with Gasteiger partial charge in [-0.25, -0.2) is 0 Å². The normalized spacial score (nSPS) is 21.1. The molecular weight excluding hydrogens is 468 g/mol. The third kappa shape index (κ3) is 5.87. The van der Waals surface area contributed by atoms with Gasteiger partial charge in [0.2, 0.25) is 5.88 Å². The predicted molar refractivity (Wildman–Crippen MR) is 133 cm³/mol. The number of aromatic nitrogens is 2. The lowest BCUT2D eigenvalue weighted by atomic mass is 9.77. The molecule has 1 atom stereocenters. The quantitative estimate of drug-likeness (QED) is 0.412. The number of hydrogen-bond acceptors (Lipinski definition) is 7. The van der Waals surface area contributed by atoms with Crippen LogP contribution in [0.4, 0.5) is 11.5 Å². The molecule has 0 spiro atoms. The Balaban J connectivity index is 1.48. The van der Waals surface area contributed by atoms with Crippen LogP contribution in [0.2, 0.25) is 0 Å². The fourth-order valence-corrected chi connectivity index (χ4v) is 5.92. The topological polar surface area (TPSA) is 142 Å². The van der Waals surface area contributed by atoms with Crippen LogP contribution >= 0.6 is 0 Å². The molecule has 9 nitrogen and oxygen atoms in total. The van der Waals surface area contributed by atoms with Gasteiger partial charge in [0.25, 0.3) is 5.91 Å². The molecule has 2 aromatic rings. The van der Waals surface area contributed by atoms with Gasteiger partial charge in [-0.05, 0) is 61.6 Å². The monoisotopic (exact) mass is 500 g/mol. The fraction of sp³-hybridized carbons (Fsp3) is 0.520. The molecule has 2 heterocycles. The van der Waals surface area contributed by atoms with Crippen LogP contribution in [-0.2, 0) is 16.0 Å². The van der Waals surface area contributed by atoms with Crippen molar-refractivity contribution < 1.29 is 24.0 Å². The number of nitrogens with two attached hydrogens (primary N) is 1. The van der Waals surface area contributed by atoms with Crippen molar-refractivity contribution in [2.75, 3.05) is 29.5 Å². The molecule has 10 heteroatoms. The highest BCUT2D eigenvalue weighted by atomic mass is 32.2. The van der Waals surface area contributed by atoms with Crippen molar-refractivity contribution in [3.8, 4) is 5.88 Å². The van der Waals surface area contributed by atoms with E-state index < -0.39 is 17.1 Å². The smallest absolute Gasteiger partial charge is 0.348 e. The van der Waals surface area contributed by atoms with Gasteiger partial charge in [0.05, 0.1) is 6.54 Å². The van der Waals surface area contributed by atoms with Crippen molar-refractivity contribution >= 4 is 34.6 Å². The molecule has 0 bridgehead atoms. The van der Waals surface area contributed by atoms with Gasteiger partial charge < -0.3 is 25.0 Å². The Morgan fingerprint density at radius 1 is 1.23 bits per heavy atom. The lowest BCUT2D eigenvalue weighted by Crippen LogP contribution is -2.33. The van der Waals surface area contributed by atoms with E-state index in [4.69, 9.17) is 15.6 Å². The van der Waals surface area contributed by atoms with Crippen LogP contribution in [0.1, 0.15) is 73.7 Å². The number of nitrogens with zero attached hydrogens (tertiary/aromatic N) is 3. The van der Waals surface area contributed by atoms with Crippen molar-refractivity contribution in [2.24, 2.45) is 5.92 Å². The minimum Gasteiger partial charge on any atom is -0.609 e. The number of rotatable bonds is 8. The minimum absolute atomic E-state index is 0.0264. The van der Waals surface area contributed by atoms with E-state index >= 15 is 0 Å². The summed E-state index contributed by atoms with van der Waals surface area (Å²) >= 11 is -1.40. The van der Waals surface area contributed by atoms with E-state index in [2.05, 4.69) is 9.97 Å². The summed E-state index contributed by atoms with van der Waals surface area (Å²) < 4.78 is 18.2. The Morgan fingerprint density at radius 3 is 2.60 bits per heavy atom. The first kappa shape index (κ1) is 25.2. The maximum absolute atomic E-state index is 13.4. The van der Waals surface area contributed by atoms with Crippen LogP contribution in [0.5, 0.6) is 5.88 Å². The Morgan fingerprint density at radius 2 is 1.94 bits per heavy atom. The number of nitrogen functional groups attached to an aromatic ring is 1. The highest BCUT2D eigenvalue weighted by molar-refractivity contribution is 7.91. The van der Waals surface area contributed by atoms with Crippen LogP contribution < -0.4 is 15.4 Å². The Labute approximate surface area is 208 Å². The largest absolute Gasteiger partial charge is 0.609 e. The number of benzene rings is 1. The number of aliphatic carboxylic acids is 1. The van der Waals surface area contributed by atoms with Crippen LogP contribution in [0.3, 0.4) is 0 Å². The van der Waals surface area contributed by atoms with Crippen LogP contribution in [0.25, 0.3) is 0 Å². The van der Waals surface area contributed by atoms with E-state index in [-0.39, 0.29) is 47.3 Å². The zero-order chi connectivity index (χ0) is 24.9. The van der Waals surface area contributed by atoms with Gasteiger partial charge in [-0.1, -0.05) is 25.5 Å². The first-order valence-electron chi connectivity index (χ1n) is 12.2. The maximum Gasteiger partial charge on any atom is 0.348 e. The van der Waals surface area contributed by atoms with E-state index in [1.807, 2.05) is 31.2 Å². The van der Waals surface area contributed by atoms with E-state index in [0.29, 0.717) is 18.2 Å². The highest BCUT2D eigenvalue weighted by Gasteiger charge is 2.32. The SMILES string of the molecule is CCCC[S+]([O-])c1nc(N)c2c(n1)OCCN(c1ccc([C@H]3CC[C@H](CC(=O)O)CC3)cc1)C2=O. The van der Waals surface area contributed by atoms with Crippen molar-refractivity contribution in [3.63, 3.8) is 0 Å². The Hall–Kier alpha value is -2.85. The number of anilines is 2. The lowest BCUT2D eigenvalue weighted by molar-refractivity contribution is -0.138. The Kier molecular flexibility index (Phi) is 8.12. The van der Waals surface area contributed by atoms with Gasteiger partial charge in [-0.2, -0.15) is 4.98 Å². The van der Waals surface area contributed by atoms with Crippen LogP contribution in [-0.4, -0.2) is 50.4 Å². The van der Waals surface area contributed by atoms with E-state index in [1.165, 1.54) is 5.56 Å². The van der Waals surface area contributed by atoms with Crippen molar-refractivity contribution in [1.82, 2.24) is 9.97 Å². The average molecular weight is 501 g/mol. The highest BCUT2D eigenvalue weighted by Crippen LogP contribution is 2.38. The van der Waals surface area contributed by atoms with Crippen molar-refractivity contribution in [2.45, 2.75) is 62.9 Å². The van der Waals surface area contributed by atoms with Gasteiger partial charge in [0.15, 0.2) is 0 Å². The van der Waals surface area contributed by atoms with Gasteiger partial charge in [0, 0.05) is 23.3 Å². The zero-order valence-corrected chi connectivity index (χ0v) is 20.8. The third-order valence-corrected chi connectivity index (χ3v) is 8.02. The summed E-state index contributed by atoms with van der Waals surface area (Å²) in [5.74, 6) is 0.0769. The molecule has 0 saturated heterocycles. The molecule has 1 aliphatic carbocycles. The second kappa shape index (κ2) is 11.3. The van der Waals surface area contributed by atoms with E-state index in [9.17, 15) is 14.1 Å². The molecule has 1 saturated carbocycles. The van der Waals surface area contributed by atoms with Crippen LogP contribution in [0.15, 0.2) is 29.4 Å². The van der Waals surface area contributed by atoms with Gasteiger partial charge in [-0.3, -0.25) is 9.59 Å². The average Bonchev–Trinajstić information content (AvgIpc) is 3.01. The number of carbonyl (C=O) groups excluding carboxylic acids is 1. The number of fused-ring (bicyclic) bond motifs is 1. The van der Waals surface area contributed by atoms with E-state index in [0.717, 1.165) is 44.2 Å². The lowest BCUT2D eigenvalue weighted by Gasteiger charge is -2.28. The number of unbranched alkanes of at least 4 members (excludes halogenated alkanes) is 1. The molecule has 4 rings (SSSR count). The number of carboxylic acid groups (broad SMARTS) is 1. The molecule has 35 heavy (non-hydrogen) atoms. The first-order chi connectivity index (χ1) is 16.9. The molecule has 0 radical (unpaired) electrons. The maximum atomic E-state index is 13.4. The molecule has 1 fully saturated rings. The van der Waals surface area contributed by atoms with Crippen molar-refractivity contribution in [1.29, 1.82) is 0 Å². The van der Waals surface area contributed by atoms with Gasteiger partial charge in [-0.15, -0.1) is 4.98 Å². The summed E-state index contributed by atoms with van der Waals surface area (Å²) in [7, 11) is 0. The summed E-state index contributed by atoms with van der Waals surface area (Å²) in [4.78, 5) is 34.4. The summed E-state index contributed by atoms with van der Waals surface area (Å²) in [6.45, 7) is 2.56. The standard InChI is InChI=1S/C25H32N4O5S/c1-2-3-14-35(33)25-27-22(26)21-23(28-25)34-13-12-29(24(21)32)19-10-8-18(9-11-19)17-6-4-16(5-7-17)15-20(30)31/h8-11,16-17H,2-7,12-15H2,1H3,(H,30,31)(H2,26,27,28)/t16-,17-,35?. The molecule has 1 unspecified atom stereocenters. The molecular formula is C25H32N4O5S. The first-order valence-corrected chi connectivity index (χ1v) is 13.5. The number of carbonyl (C=O) groups is 2. The number of amides is 1. The number of hydrogen-bond donors (Lipinski definition) is 2. The second-order valence-electron chi connectivity index (χ2n) is 9.19. The Bertz CT molecular complexity index is 1060. The minimum atomic E-state index is -1.40. The van der Waals surface area contributed by atoms with Gasteiger partial charge >= 0.3 is 11.1 Å². The van der Waals surface area contributed by atoms with Gasteiger partial charge in [0.1, 0.15) is 23.7 Å². The molecule has 188 valence electrons. The summed E-state index contributed by atoms with van der Waals surface area (Å²) in [6, 6.07) is 7.92. The molecule has 1 amide bonds. The predicted octanol–water partition coefficient (Wildman–Crippen LogP) is 3.75. The van der Waals surface area contributed by atoms with Crippen molar-refractivity contribution in [3.05, 3.63) is 35.4 Å². The van der Waals surface area contributed by atoms with Crippen LogP contribution in [0, 0.1) is 5.92 Å².